The minimum absolute atomic E-state index is 0.0884. The van der Waals surface area contributed by atoms with E-state index in [1.807, 2.05) is 26.0 Å². The number of hydrazone groups is 1. The van der Waals surface area contributed by atoms with Gasteiger partial charge in [0.15, 0.2) is 0 Å². The van der Waals surface area contributed by atoms with E-state index in [1.54, 1.807) is 23.2 Å². The Kier molecular flexibility index (Phi) is 9.33. The van der Waals surface area contributed by atoms with E-state index in [0.717, 1.165) is 6.54 Å². The molecule has 1 aromatic heterocycles. The summed E-state index contributed by atoms with van der Waals surface area (Å²) in [5.41, 5.74) is 0.982. The van der Waals surface area contributed by atoms with E-state index in [-0.39, 0.29) is 22.6 Å². The number of likely N-dealkylation sites (N-methyl/N-ethyl adjacent to an activating group) is 2. The van der Waals surface area contributed by atoms with Crippen LogP contribution in [0.4, 0.5) is 15.9 Å². The summed E-state index contributed by atoms with van der Waals surface area (Å²) >= 11 is 5.84. The van der Waals surface area contributed by atoms with Crippen molar-refractivity contribution < 1.29 is 14.0 Å². The fourth-order valence-electron chi connectivity index (χ4n) is 3.12. The summed E-state index contributed by atoms with van der Waals surface area (Å²) < 4.78 is 14.8. The number of amides is 2. The van der Waals surface area contributed by atoms with Crippen LogP contribution in [-0.2, 0) is 0 Å². The summed E-state index contributed by atoms with van der Waals surface area (Å²) in [6.07, 6.45) is 8.38. The van der Waals surface area contributed by atoms with Crippen LogP contribution in [-0.4, -0.2) is 67.2 Å². The van der Waals surface area contributed by atoms with Gasteiger partial charge in [-0.25, -0.2) is 9.37 Å². The SMILES string of the molecule is C#Cc1ccc(NC(=O)c2ccc(C=NN(C)CCN(C)C)cc2F)c(C(=O)Nc2ccc(Cl)cn2)c1. The van der Waals surface area contributed by atoms with Crippen LogP contribution in [0.2, 0.25) is 5.02 Å². The van der Waals surface area contributed by atoms with E-state index in [4.69, 9.17) is 18.0 Å². The molecule has 0 aliphatic carbocycles. The highest BCUT2D eigenvalue weighted by atomic mass is 35.5. The van der Waals surface area contributed by atoms with Crippen LogP contribution in [0.15, 0.2) is 59.8 Å². The number of carbonyl (C=O) groups excluding carboxylic acids is 2. The minimum atomic E-state index is -0.728. The first kappa shape index (κ1) is 27.3. The van der Waals surface area contributed by atoms with Crippen LogP contribution in [0.5, 0.6) is 0 Å². The molecule has 0 unspecified atom stereocenters. The second-order valence-corrected chi connectivity index (χ2v) is 8.78. The quantitative estimate of drug-likeness (QED) is 0.251. The number of terminal acetylenes is 1. The van der Waals surface area contributed by atoms with Crippen LogP contribution in [0, 0.1) is 18.2 Å². The molecular formula is C27H26ClFN6O2. The number of rotatable bonds is 9. The Morgan fingerprint density at radius 1 is 1.05 bits per heavy atom. The number of pyridine rings is 1. The largest absolute Gasteiger partial charge is 0.321 e. The van der Waals surface area contributed by atoms with Crippen molar-refractivity contribution in [1.82, 2.24) is 14.9 Å². The predicted octanol–water partition coefficient (Wildman–Crippen LogP) is 4.19. The van der Waals surface area contributed by atoms with Gasteiger partial charge in [-0.3, -0.25) is 14.6 Å². The average molecular weight is 521 g/mol. The fraction of sp³-hybridized carbons (Fsp3) is 0.185. The molecule has 0 aliphatic rings. The third kappa shape index (κ3) is 7.87. The first-order chi connectivity index (χ1) is 17.7. The fourth-order valence-corrected chi connectivity index (χ4v) is 3.23. The molecule has 3 rings (SSSR count). The number of hydrogen-bond acceptors (Lipinski definition) is 6. The maximum absolute atomic E-state index is 14.8. The average Bonchev–Trinajstić information content (AvgIpc) is 2.87. The predicted molar refractivity (Wildman–Crippen MR) is 145 cm³/mol. The molecule has 2 N–H and O–H groups in total. The Balaban J connectivity index is 1.77. The Hall–Kier alpha value is -4.26. The van der Waals surface area contributed by atoms with Gasteiger partial charge in [0.05, 0.1) is 28.1 Å². The van der Waals surface area contributed by atoms with E-state index in [1.165, 1.54) is 42.7 Å². The molecule has 0 radical (unpaired) electrons. The standard InChI is InChI=1S/C27H26ClFN6O2/c1-5-18-7-10-24(22(14-18)27(37)33-25-11-8-20(28)17-30-25)32-26(36)21-9-6-19(15-23(21)29)16-31-35(4)13-12-34(2)3/h1,6-11,14-17H,12-13H2,2-4H3,(H,32,36)(H,30,33,37). The Bertz CT molecular complexity index is 1350. The maximum atomic E-state index is 14.8. The number of halogens is 2. The molecule has 2 aromatic carbocycles. The molecule has 0 aliphatic heterocycles. The lowest BCUT2D eigenvalue weighted by Gasteiger charge is -2.16. The second-order valence-electron chi connectivity index (χ2n) is 8.34. The summed E-state index contributed by atoms with van der Waals surface area (Å²) in [6.45, 7) is 1.52. The summed E-state index contributed by atoms with van der Waals surface area (Å²) in [4.78, 5) is 31.9. The molecule has 0 atom stereocenters. The van der Waals surface area contributed by atoms with Crippen LogP contribution in [0.25, 0.3) is 0 Å². The van der Waals surface area contributed by atoms with Gasteiger partial charge in [-0.2, -0.15) is 5.10 Å². The van der Waals surface area contributed by atoms with Gasteiger partial charge >= 0.3 is 0 Å². The third-order valence-electron chi connectivity index (χ3n) is 5.16. The number of hydrogen-bond donors (Lipinski definition) is 2. The molecule has 3 aromatic rings. The normalized spacial score (nSPS) is 10.8. The number of anilines is 2. The molecule has 10 heteroatoms. The van der Waals surface area contributed by atoms with Crippen molar-refractivity contribution >= 4 is 41.1 Å². The zero-order chi connectivity index (χ0) is 26.9. The van der Waals surface area contributed by atoms with Crippen LogP contribution in [0.3, 0.4) is 0 Å². The van der Waals surface area contributed by atoms with E-state index in [0.29, 0.717) is 22.7 Å². The molecule has 0 spiro atoms. The van der Waals surface area contributed by atoms with Gasteiger partial charge in [0.25, 0.3) is 11.8 Å². The van der Waals surface area contributed by atoms with Crippen LogP contribution < -0.4 is 10.6 Å². The van der Waals surface area contributed by atoms with Crippen LogP contribution in [0.1, 0.15) is 31.8 Å². The monoisotopic (exact) mass is 520 g/mol. The van der Waals surface area contributed by atoms with E-state index in [9.17, 15) is 14.0 Å². The Morgan fingerprint density at radius 2 is 1.81 bits per heavy atom. The molecule has 0 bridgehead atoms. The molecule has 190 valence electrons. The number of nitrogens with one attached hydrogen (secondary N) is 2. The van der Waals surface area contributed by atoms with Crippen molar-refractivity contribution in [2.45, 2.75) is 0 Å². The Labute approximate surface area is 220 Å². The first-order valence-electron chi connectivity index (χ1n) is 11.2. The van der Waals surface area contributed by atoms with Crippen molar-refractivity contribution in [2.24, 2.45) is 5.10 Å². The zero-order valence-corrected chi connectivity index (χ0v) is 21.4. The van der Waals surface area contributed by atoms with Gasteiger partial charge in [0, 0.05) is 31.9 Å². The number of nitrogens with zero attached hydrogens (tertiary/aromatic N) is 4. The zero-order valence-electron chi connectivity index (χ0n) is 20.6. The minimum Gasteiger partial charge on any atom is -0.321 e. The molecular weight excluding hydrogens is 495 g/mol. The molecule has 0 saturated carbocycles. The third-order valence-corrected chi connectivity index (χ3v) is 5.38. The topological polar surface area (TPSA) is 89.9 Å². The van der Waals surface area contributed by atoms with E-state index < -0.39 is 17.6 Å². The molecule has 0 saturated heterocycles. The lowest BCUT2D eigenvalue weighted by atomic mass is 10.1. The number of benzene rings is 2. The lowest BCUT2D eigenvalue weighted by molar-refractivity contribution is 0.102. The summed E-state index contributed by atoms with van der Waals surface area (Å²) in [6, 6.07) is 11.8. The van der Waals surface area contributed by atoms with Gasteiger partial charge in [-0.1, -0.05) is 23.6 Å². The second kappa shape index (κ2) is 12.6. The molecule has 2 amide bonds. The van der Waals surface area contributed by atoms with Gasteiger partial charge < -0.3 is 15.5 Å². The van der Waals surface area contributed by atoms with Crippen molar-refractivity contribution in [3.63, 3.8) is 0 Å². The van der Waals surface area contributed by atoms with Crippen molar-refractivity contribution in [3.8, 4) is 12.3 Å². The molecule has 37 heavy (non-hydrogen) atoms. The molecule has 0 fully saturated rings. The van der Waals surface area contributed by atoms with Gasteiger partial charge in [-0.15, -0.1) is 6.42 Å². The van der Waals surface area contributed by atoms with Crippen LogP contribution >= 0.6 is 11.6 Å². The summed E-state index contributed by atoms with van der Waals surface area (Å²) in [7, 11) is 5.75. The lowest BCUT2D eigenvalue weighted by Crippen LogP contribution is -2.25. The molecule has 8 nitrogen and oxygen atoms in total. The number of aromatic nitrogens is 1. The number of carbonyl (C=O) groups is 2. The first-order valence-corrected chi connectivity index (χ1v) is 11.6. The van der Waals surface area contributed by atoms with Gasteiger partial charge in [0.2, 0.25) is 0 Å². The highest BCUT2D eigenvalue weighted by Crippen LogP contribution is 2.21. The van der Waals surface area contributed by atoms with E-state index >= 15 is 0 Å². The van der Waals surface area contributed by atoms with E-state index in [2.05, 4.69) is 26.6 Å². The smallest absolute Gasteiger partial charge is 0.258 e. The maximum Gasteiger partial charge on any atom is 0.258 e. The van der Waals surface area contributed by atoms with Crippen molar-refractivity contribution in [2.75, 3.05) is 44.9 Å². The summed E-state index contributed by atoms with van der Waals surface area (Å²) in [5, 5.41) is 11.6. The van der Waals surface area contributed by atoms with Crippen molar-refractivity contribution in [3.05, 3.63) is 87.8 Å². The van der Waals surface area contributed by atoms with Crippen molar-refractivity contribution in [1.29, 1.82) is 0 Å². The highest BCUT2D eigenvalue weighted by molar-refractivity contribution is 6.30. The molecule has 1 heterocycles. The summed E-state index contributed by atoms with van der Waals surface area (Å²) in [5.74, 6) is 0.692. The highest BCUT2D eigenvalue weighted by Gasteiger charge is 2.18. The van der Waals surface area contributed by atoms with Gasteiger partial charge in [0.1, 0.15) is 11.6 Å². The van der Waals surface area contributed by atoms with Gasteiger partial charge in [-0.05, 0) is 62.1 Å². The Morgan fingerprint density at radius 3 is 2.46 bits per heavy atom.